The van der Waals surface area contributed by atoms with Crippen molar-refractivity contribution in [2.75, 3.05) is 13.1 Å². The summed E-state index contributed by atoms with van der Waals surface area (Å²) in [4.78, 5) is 11.5. The van der Waals surface area contributed by atoms with E-state index in [1.165, 1.54) is 22.3 Å². The SMILES string of the molecule is CCCNC(=O)CCNC(C)c1cc(C)c(C)cc1C. The average molecular weight is 276 g/mol. The van der Waals surface area contributed by atoms with Crippen molar-refractivity contribution in [3.8, 4) is 0 Å². The van der Waals surface area contributed by atoms with Crippen molar-refractivity contribution in [3.63, 3.8) is 0 Å². The van der Waals surface area contributed by atoms with Gasteiger partial charge in [0.2, 0.25) is 5.91 Å². The Kier molecular flexibility index (Phi) is 6.73. The molecular formula is C17H28N2O. The summed E-state index contributed by atoms with van der Waals surface area (Å²) in [6.07, 6.45) is 1.52. The van der Waals surface area contributed by atoms with Gasteiger partial charge in [-0.15, -0.1) is 0 Å². The highest BCUT2D eigenvalue weighted by molar-refractivity contribution is 5.75. The molecule has 3 heteroatoms. The van der Waals surface area contributed by atoms with Gasteiger partial charge in [0.15, 0.2) is 0 Å². The van der Waals surface area contributed by atoms with Crippen molar-refractivity contribution in [1.29, 1.82) is 0 Å². The molecule has 0 saturated carbocycles. The van der Waals surface area contributed by atoms with Gasteiger partial charge in [-0.1, -0.05) is 19.1 Å². The minimum atomic E-state index is 0.128. The number of carbonyl (C=O) groups is 1. The van der Waals surface area contributed by atoms with Crippen LogP contribution in [0, 0.1) is 20.8 Å². The molecule has 0 aliphatic carbocycles. The molecule has 0 spiro atoms. The quantitative estimate of drug-likeness (QED) is 0.803. The zero-order valence-corrected chi connectivity index (χ0v) is 13.5. The first-order chi connectivity index (χ1) is 9.45. The highest BCUT2D eigenvalue weighted by Gasteiger charge is 2.10. The molecule has 1 unspecified atom stereocenters. The molecule has 3 nitrogen and oxygen atoms in total. The standard InChI is InChI=1S/C17H28N2O/c1-6-8-19-17(20)7-9-18-15(5)16-11-13(3)12(2)10-14(16)4/h10-11,15,18H,6-9H2,1-5H3,(H,19,20). The normalized spacial score (nSPS) is 12.2. The van der Waals surface area contributed by atoms with Gasteiger partial charge in [-0.25, -0.2) is 0 Å². The highest BCUT2D eigenvalue weighted by Crippen LogP contribution is 2.21. The fourth-order valence-electron chi connectivity index (χ4n) is 2.31. The highest BCUT2D eigenvalue weighted by atomic mass is 16.1. The molecule has 112 valence electrons. The summed E-state index contributed by atoms with van der Waals surface area (Å²) in [7, 11) is 0. The van der Waals surface area contributed by atoms with E-state index in [1.807, 2.05) is 0 Å². The van der Waals surface area contributed by atoms with Gasteiger partial charge in [-0.2, -0.15) is 0 Å². The van der Waals surface area contributed by atoms with Crippen molar-refractivity contribution >= 4 is 5.91 Å². The number of hydrogen-bond donors (Lipinski definition) is 2. The van der Waals surface area contributed by atoms with Crippen LogP contribution < -0.4 is 10.6 Å². The fourth-order valence-corrected chi connectivity index (χ4v) is 2.31. The maximum atomic E-state index is 11.5. The predicted molar refractivity (Wildman–Crippen MR) is 85.0 cm³/mol. The lowest BCUT2D eigenvalue weighted by atomic mass is 9.96. The van der Waals surface area contributed by atoms with Gasteiger partial charge < -0.3 is 10.6 Å². The lowest BCUT2D eigenvalue weighted by Crippen LogP contribution is -2.29. The van der Waals surface area contributed by atoms with Crippen LogP contribution in [0.25, 0.3) is 0 Å². The molecule has 1 amide bonds. The molecule has 1 atom stereocenters. The van der Waals surface area contributed by atoms with Gasteiger partial charge in [-0.05, 0) is 56.4 Å². The second-order valence-corrected chi connectivity index (χ2v) is 5.57. The summed E-state index contributed by atoms with van der Waals surface area (Å²) < 4.78 is 0. The lowest BCUT2D eigenvalue weighted by molar-refractivity contribution is -0.121. The van der Waals surface area contributed by atoms with E-state index >= 15 is 0 Å². The Bertz CT molecular complexity index is 455. The third-order valence-corrected chi connectivity index (χ3v) is 3.72. The Morgan fingerprint density at radius 1 is 1.10 bits per heavy atom. The van der Waals surface area contributed by atoms with Crippen molar-refractivity contribution in [1.82, 2.24) is 10.6 Å². The first-order valence-corrected chi connectivity index (χ1v) is 7.53. The van der Waals surface area contributed by atoms with E-state index < -0.39 is 0 Å². The number of rotatable bonds is 7. The Morgan fingerprint density at radius 2 is 1.75 bits per heavy atom. The second-order valence-electron chi connectivity index (χ2n) is 5.57. The van der Waals surface area contributed by atoms with Crippen LogP contribution in [0.3, 0.4) is 0 Å². The minimum absolute atomic E-state index is 0.128. The van der Waals surface area contributed by atoms with Crippen LogP contribution in [-0.4, -0.2) is 19.0 Å². The molecule has 0 fully saturated rings. The minimum Gasteiger partial charge on any atom is -0.356 e. The summed E-state index contributed by atoms with van der Waals surface area (Å²) in [5, 5.41) is 6.33. The smallest absolute Gasteiger partial charge is 0.221 e. The lowest BCUT2D eigenvalue weighted by Gasteiger charge is -2.18. The van der Waals surface area contributed by atoms with Crippen molar-refractivity contribution in [2.24, 2.45) is 0 Å². The summed E-state index contributed by atoms with van der Waals surface area (Å²) in [5.74, 6) is 0.128. The third kappa shape index (κ3) is 4.97. The van der Waals surface area contributed by atoms with E-state index in [-0.39, 0.29) is 11.9 Å². The van der Waals surface area contributed by atoms with Gasteiger partial charge in [0.25, 0.3) is 0 Å². The summed E-state index contributed by atoms with van der Waals surface area (Å²) in [5.41, 5.74) is 5.28. The monoisotopic (exact) mass is 276 g/mol. The molecule has 1 aromatic rings. The first-order valence-electron chi connectivity index (χ1n) is 7.53. The van der Waals surface area contributed by atoms with E-state index in [0.717, 1.165) is 13.0 Å². The van der Waals surface area contributed by atoms with Gasteiger partial charge >= 0.3 is 0 Å². The molecular weight excluding hydrogens is 248 g/mol. The van der Waals surface area contributed by atoms with E-state index in [0.29, 0.717) is 13.0 Å². The Balaban J connectivity index is 2.49. The zero-order chi connectivity index (χ0) is 15.1. The Morgan fingerprint density at radius 3 is 2.40 bits per heavy atom. The second kappa shape index (κ2) is 8.05. The molecule has 0 aromatic heterocycles. The largest absolute Gasteiger partial charge is 0.356 e. The number of hydrogen-bond acceptors (Lipinski definition) is 2. The van der Waals surface area contributed by atoms with E-state index in [4.69, 9.17) is 0 Å². The van der Waals surface area contributed by atoms with Crippen LogP contribution in [0.5, 0.6) is 0 Å². The molecule has 0 radical (unpaired) electrons. The third-order valence-electron chi connectivity index (χ3n) is 3.72. The summed E-state index contributed by atoms with van der Waals surface area (Å²) in [6, 6.07) is 4.75. The van der Waals surface area contributed by atoms with Crippen LogP contribution in [-0.2, 0) is 4.79 Å². The van der Waals surface area contributed by atoms with Crippen molar-refractivity contribution in [3.05, 3.63) is 34.4 Å². The Hall–Kier alpha value is -1.35. The predicted octanol–water partition coefficient (Wildman–Crippen LogP) is 3.18. The molecule has 0 bridgehead atoms. The number of benzene rings is 1. The average Bonchev–Trinajstić information content (AvgIpc) is 2.40. The van der Waals surface area contributed by atoms with Crippen LogP contribution in [0.15, 0.2) is 12.1 Å². The number of nitrogens with one attached hydrogen (secondary N) is 2. The molecule has 0 aliphatic rings. The van der Waals surface area contributed by atoms with Gasteiger partial charge in [0.1, 0.15) is 0 Å². The molecule has 1 aromatic carbocycles. The molecule has 0 aliphatic heterocycles. The van der Waals surface area contributed by atoms with Gasteiger partial charge in [-0.3, -0.25) is 4.79 Å². The van der Waals surface area contributed by atoms with Gasteiger partial charge in [0.05, 0.1) is 0 Å². The number of aryl methyl sites for hydroxylation is 3. The molecule has 0 heterocycles. The number of amides is 1. The van der Waals surface area contributed by atoms with Crippen LogP contribution >= 0.6 is 0 Å². The van der Waals surface area contributed by atoms with E-state index in [2.05, 4.69) is 57.4 Å². The summed E-state index contributed by atoms with van der Waals surface area (Å²) >= 11 is 0. The van der Waals surface area contributed by atoms with E-state index in [1.54, 1.807) is 0 Å². The fraction of sp³-hybridized carbons (Fsp3) is 0.588. The molecule has 20 heavy (non-hydrogen) atoms. The zero-order valence-electron chi connectivity index (χ0n) is 13.5. The molecule has 1 rings (SSSR count). The Labute approximate surface area is 123 Å². The van der Waals surface area contributed by atoms with Gasteiger partial charge in [0, 0.05) is 25.6 Å². The van der Waals surface area contributed by atoms with Crippen molar-refractivity contribution in [2.45, 2.75) is 53.5 Å². The maximum Gasteiger partial charge on any atom is 0.221 e. The van der Waals surface area contributed by atoms with Crippen LogP contribution in [0.1, 0.15) is 55.0 Å². The maximum absolute atomic E-state index is 11.5. The van der Waals surface area contributed by atoms with Crippen LogP contribution in [0.2, 0.25) is 0 Å². The molecule has 2 N–H and O–H groups in total. The number of carbonyl (C=O) groups excluding carboxylic acids is 1. The topological polar surface area (TPSA) is 41.1 Å². The van der Waals surface area contributed by atoms with Crippen molar-refractivity contribution < 1.29 is 4.79 Å². The summed E-state index contributed by atoms with van der Waals surface area (Å²) in [6.45, 7) is 12.1. The first kappa shape index (κ1) is 16.7. The molecule has 0 saturated heterocycles. The van der Waals surface area contributed by atoms with E-state index in [9.17, 15) is 4.79 Å². The van der Waals surface area contributed by atoms with Crippen LogP contribution in [0.4, 0.5) is 0 Å².